The average molecular weight is 273 g/mol. The zero-order valence-electron chi connectivity index (χ0n) is 11.0. The number of ether oxygens (including phenoxy) is 1. The zero-order valence-corrected chi connectivity index (χ0v) is 11.0. The summed E-state index contributed by atoms with van der Waals surface area (Å²) in [4.78, 5) is 10.3. The lowest BCUT2D eigenvalue weighted by Crippen LogP contribution is -1.98. The van der Waals surface area contributed by atoms with Crippen molar-refractivity contribution < 1.29 is 14.8 Å². The fourth-order valence-corrected chi connectivity index (χ4v) is 1.79. The molecule has 0 saturated heterocycles. The molecule has 0 aliphatic carbocycles. The maximum Gasteiger partial charge on any atom is 0.269 e. The van der Waals surface area contributed by atoms with Gasteiger partial charge in [0.2, 0.25) is 0 Å². The van der Waals surface area contributed by atoms with E-state index in [9.17, 15) is 15.2 Å². The smallest absolute Gasteiger partial charge is 0.269 e. The van der Waals surface area contributed by atoms with Gasteiger partial charge in [0.25, 0.3) is 5.69 Å². The second-order valence-electron chi connectivity index (χ2n) is 4.46. The van der Waals surface area contributed by atoms with E-state index in [-0.39, 0.29) is 12.3 Å². The number of aliphatic hydroxyl groups excluding tert-OH is 1. The van der Waals surface area contributed by atoms with E-state index in [2.05, 4.69) is 0 Å². The Kier molecular flexibility index (Phi) is 4.32. The van der Waals surface area contributed by atoms with Crippen molar-refractivity contribution in [3.63, 3.8) is 0 Å². The molecule has 0 aliphatic rings. The Morgan fingerprint density at radius 3 is 2.70 bits per heavy atom. The number of benzene rings is 2. The van der Waals surface area contributed by atoms with Gasteiger partial charge in [-0.15, -0.1) is 0 Å². The number of aliphatic hydroxyl groups is 1. The average Bonchev–Trinajstić information content (AvgIpc) is 2.45. The van der Waals surface area contributed by atoms with Crippen LogP contribution in [0, 0.1) is 10.1 Å². The monoisotopic (exact) mass is 273 g/mol. The molecule has 2 aromatic rings. The molecule has 104 valence electrons. The molecule has 0 fully saturated rings. The zero-order chi connectivity index (χ0) is 14.5. The first kappa shape index (κ1) is 14.0. The Labute approximate surface area is 116 Å². The van der Waals surface area contributed by atoms with Crippen LogP contribution in [0.1, 0.15) is 24.2 Å². The Morgan fingerprint density at radius 2 is 2.00 bits per heavy atom. The van der Waals surface area contributed by atoms with Crippen molar-refractivity contribution >= 4 is 5.69 Å². The van der Waals surface area contributed by atoms with Crippen LogP contribution in [-0.2, 0) is 6.61 Å². The van der Waals surface area contributed by atoms with Crippen LogP contribution in [0.25, 0.3) is 0 Å². The number of nitro groups is 1. The van der Waals surface area contributed by atoms with Gasteiger partial charge in [0.15, 0.2) is 0 Å². The fourth-order valence-electron chi connectivity index (χ4n) is 1.79. The third-order valence-electron chi connectivity index (χ3n) is 2.87. The van der Waals surface area contributed by atoms with Gasteiger partial charge in [-0.3, -0.25) is 10.1 Å². The molecule has 0 saturated carbocycles. The second-order valence-corrected chi connectivity index (χ2v) is 4.46. The highest BCUT2D eigenvalue weighted by Crippen LogP contribution is 2.20. The minimum absolute atomic E-state index is 0.0452. The summed E-state index contributed by atoms with van der Waals surface area (Å²) >= 11 is 0. The van der Waals surface area contributed by atoms with Gasteiger partial charge in [-0.1, -0.05) is 24.3 Å². The van der Waals surface area contributed by atoms with E-state index in [4.69, 9.17) is 4.74 Å². The van der Waals surface area contributed by atoms with Crippen molar-refractivity contribution in [1.82, 2.24) is 0 Å². The molecule has 2 aromatic carbocycles. The van der Waals surface area contributed by atoms with Gasteiger partial charge in [0.1, 0.15) is 12.4 Å². The maximum absolute atomic E-state index is 10.7. The molecule has 0 radical (unpaired) electrons. The Morgan fingerprint density at radius 1 is 1.25 bits per heavy atom. The molecule has 20 heavy (non-hydrogen) atoms. The minimum atomic E-state index is -0.559. The van der Waals surface area contributed by atoms with Crippen molar-refractivity contribution in [2.45, 2.75) is 19.6 Å². The quantitative estimate of drug-likeness (QED) is 0.670. The third kappa shape index (κ3) is 3.55. The standard InChI is InChI=1S/C15H15NO4/c1-11(17)13-5-3-7-15(9-13)20-10-12-4-2-6-14(8-12)16(18)19/h2-9,11,17H,10H2,1H3. The van der Waals surface area contributed by atoms with Crippen LogP contribution in [0.5, 0.6) is 5.75 Å². The highest BCUT2D eigenvalue weighted by atomic mass is 16.6. The molecule has 0 heterocycles. The Bertz CT molecular complexity index is 610. The van der Waals surface area contributed by atoms with Crippen LogP contribution >= 0.6 is 0 Å². The number of nitrogens with zero attached hydrogens (tertiary/aromatic N) is 1. The molecular formula is C15H15NO4. The molecule has 2 rings (SSSR count). The van der Waals surface area contributed by atoms with Crippen LogP contribution in [-0.4, -0.2) is 10.0 Å². The molecule has 0 spiro atoms. The van der Waals surface area contributed by atoms with Crippen LogP contribution in [0.4, 0.5) is 5.69 Å². The number of non-ortho nitro benzene ring substituents is 1. The molecule has 1 N–H and O–H groups in total. The summed E-state index contributed by atoms with van der Waals surface area (Å²) < 4.78 is 5.58. The molecular weight excluding hydrogens is 258 g/mol. The summed E-state index contributed by atoms with van der Waals surface area (Å²) in [5.74, 6) is 0.620. The lowest BCUT2D eigenvalue weighted by molar-refractivity contribution is -0.384. The second kappa shape index (κ2) is 6.16. The predicted octanol–water partition coefficient (Wildman–Crippen LogP) is 3.23. The lowest BCUT2D eigenvalue weighted by Gasteiger charge is -2.09. The molecule has 0 amide bonds. The van der Waals surface area contributed by atoms with Gasteiger partial charge in [-0.25, -0.2) is 0 Å². The molecule has 5 heteroatoms. The minimum Gasteiger partial charge on any atom is -0.489 e. The van der Waals surface area contributed by atoms with Crippen LogP contribution in [0.2, 0.25) is 0 Å². The van der Waals surface area contributed by atoms with Gasteiger partial charge >= 0.3 is 0 Å². The highest BCUT2D eigenvalue weighted by Gasteiger charge is 2.06. The van der Waals surface area contributed by atoms with Crippen molar-refractivity contribution in [3.05, 3.63) is 69.8 Å². The van der Waals surface area contributed by atoms with E-state index in [1.807, 2.05) is 6.07 Å². The summed E-state index contributed by atoms with van der Waals surface area (Å²) in [6.07, 6.45) is -0.559. The van der Waals surface area contributed by atoms with Gasteiger partial charge in [-0.05, 0) is 30.2 Å². The summed E-state index contributed by atoms with van der Waals surface area (Å²) in [5, 5.41) is 20.2. The van der Waals surface area contributed by atoms with E-state index < -0.39 is 11.0 Å². The van der Waals surface area contributed by atoms with Crippen molar-refractivity contribution in [2.75, 3.05) is 0 Å². The molecule has 1 unspecified atom stereocenters. The van der Waals surface area contributed by atoms with Crippen LogP contribution in [0.15, 0.2) is 48.5 Å². The Balaban J connectivity index is 2.07. The number of rotatable bonds is 5. The first-order valence-electron chi connectivity index (χ1n) is 6.20. The first-order valence-corrected chi connectivity index (χ1v) is 6.20. The topological polar surface area (TPSA) is 72.6 Å². The van der Waals surface area contributed by atoms with Gasteiger partial charge in [0.05, 0.1) is 11.0 Å². The Hall–Kier alpha value is -2.40. The maximum atomic E-state index is 10.7. The van der Waals surface area contributed by atoms with E-state index in [1.165, 1.54) is 12.1 Å². The summed E-state index contributed by atoms with van der Waals surface area (Å²) in [6.45, 7) is 1.92. The van der Waals surface area contributed by atoms with E-state index in [0.29, 0.717) is 5.75 Å². The van der Waals surface area contributed by atoms with Crippen molar-refractivity contribution in [1.29, 1.82) is 0 Å². The predicted molar refractivity (Wildman–Crippen MR) is 74.5 cm³/mol. The van der Waals surface area contributed by atoms with Crippen LogP contribution in [0.3, 0.4) is 0 Å². The molecule has 0 aliphatic heterocycles. The number of nitro benzene ring substituents is 1. The van der Waals surface area contributed by atoms with Gasteiger partial charge in [-0.2, -0.15) is 0 Å². The number of hydrogen-bond donors (Lipinski definition) is 1. The molecule has 5 nitrogen and oxygen atoms in total. The molecule has 1 atom stereocenters. The van der Waals surface area contributed by atoms with E-state index >= 15 is 0 Å². The van der Waals surface area contributed by atoms with E-state index in [0.717, 1.165) is 11.1 Å². The normalized spacial score (nSPS) is 11.9. The largest absolute Gasteiger partial charge is 0.489 e. The third-order valence-corrected chi connectivity index (χ3v) is 2.87. The lowest BCUT2D eigenvalue weighted by atomic mass is 10.1. The van der Waals surface area contributed by atoms with Gasteiger partial charge in [0, 0.05) is 12.1 Å². The van der Waals surface area contributed by atoms with Crippen LogP contribution < -0.4 is 4.74 Å². The summed E-state index contributed by atoms with van der Waals surface area (Å²) in [6, 6.07) is 13.5. The SMILES string of the molecule is CC(O)c1cccc(OCc2cccc([N+](=O)[O-])c2)c1. The summed E-state index contributed by atoms with van der Waals surface area (Å²) in [5.41, 5.74) is 1.53. The first-order chi connectivity index (χ1) is 9.56. The molecule has 0 aromatic heterocycles. The number of hydrogen-bond acceptors (Lipinski definition) is 4. The van der Waals surface area contributed by atoms with Crippen molar-refractivity contribution in [3.8, 4) is 5.75 Å². The van der Waals surface area contributed by atoms with Gasteiger partial charge < -0.3 is 9.84 Å². The van der Waals surface area contributed by atoms with Crippen molar-refractivity contribution in [2.24, 2.45) is 0 Å². The van der Waals surface area contributed by atoms with E-state index in [1.54, 1.807) is 37.3 Å². The fraction of sp³-hybridized carbons (Fsp3) is 0.200. The summed E-state index contributed by atoms with van der Waals surface area (Å²) in [7, 11) is 0. The highest BCUT2D eigenvalue weighted by molar-refractivity contribution is 5.35. The molecule has 0 bridgehead atoms.